The molecule has 0 bridgehead atoms. The Kier molecular flexibility index (Phi) is 6.87. The molecule has 0 saturated carbocycles. The van der Waals surface area contributed by atoms with Gasteiger partial charge < -0.3 is 20.1 Å². The maximum Gasteiger partial charge on any atom is 0.243 e. The average Bonchev–Trinajstić information content (AvgIpc) is 3.14. The minimum atomic E-state index is -0.258. The number of rotatable bonds is 8. The molecule has 31 heavy (non-hydrogen) atoms. The van der Waals surface area contributed by atoms with Gasteiger partial charge in [0.2, 0.25) is 17.7 Å². The highest BCUT2D eigenvalue weighted by atomic mass is 16.2. The predicted octanol–water partition coefficient (Wildman–Crippen LogP) is 2.71. The molecule has 1 heterocycles. The molecule has 3 amide bonds. The molecule has 0 aliphatic rings. The Morgan fingerprint density at radius 2 is 1.81 bits per heavy atom. The number of hydrogen-bond donors (Lipinski definition) is 2. The quantitative estimate of drug-likeness (QED) is 0.552. The van der Waals surface area contributed by atoms with Crippen LogP contribution in [0.25, 0.3) is 10.9 Å². The minimum absolute atomic E-state index is 0.0119. The van der Waals surface area contributed by atoms with Crippen molar-refractivity contribution in [2.45, 2.75) is 19.5 Å². The highest BCUT2D eigenvalue weighted by molar-refractivity contribution is 5.95. The Balaban J connectivity index is 1.68. The van der Waals surface area contributed by atoms with Gasteiger partial charge in [0, 0.05) is 43.4 Å². The molecule has 2 N–H and O–H groups in total. The SMILES string of the molecule is C=CC(=O)NCc1ccccc1CC(=O)Nc1ccc2c(ccn2CC(=O)N(C)C)c1. The van der Waals surface area contributed by atoms with E-state index in [2.05, 4.69) is 17.2 Å². The van der Waals surface area contributed by atoms with Crippen LogP contribution in [0, 0.1) is 0 Å². The summed E-state index contributed by atoms with van der Waals surface area (Å²) in [6.07, 6.45) is 3.27. The molecule has 0 radical (unpaired) electrons. The van der Waals surface area contributed by atoms with Gasteiger partial charge in [-0.15, -0.1) is 0 Å². The van der Waals surface area contributed by atoms with Gasteiger partial charge in [-0.2, -0.15) is 0 Å². The lowest BCUT2D eigenvalue weighted by atomic mass is 10.0. The number of anilines is 1. The van der Waals surface area contributed by atoms with Crippen LogP contribution in [0.2, 0.25) is 0 Å². The van der Waals surface area contributed by atoms with Gasteiger partial charge in [-0.1, -0.05) is 30.8 Å². The zero-order valence-corrected chi connectivity index (χ0v) is 17.7. The van der Waals surface area contributed by atoms with E-state index in [-0.39, 0.29) is 30.7 Å². The summed E-state index contributed by atoms with van der Waals surface area (Å²) < 4.78 is 1.89. The topological polar surface area (TPSA) is 83.4 Å². The lowest BCUT2D eigenvalue weighted by molar-refractivity contribution is -0.129. The average molecular weight is 418 g/mol. The molecule has 2 aromatic carbocycles. The van der Waals surface area contributed by atoms with E-state index in [1.54, 1.807) is 19.0 Å². The van der Waals surface area contributed by atoms with E-state index in [4.69, 9.17) is 0 Å². The zero-order valence-electron chi connectivity index (χ0n) is 17.7. The summed E-state index contributed by atoms with van der Waals surface area (Å²) in [5.41, 5.74) is 3.34. The smallest absolute Gasteiger partial charge is 0.243 e. The first-order valence-corrected chi connectivity index (χ1v) is 9.93. The molecule has 0 aliphatic heterocycles. The number of benzene rings is 2. The van der Waals surface area contributed by atoms with Crippen LogP contribution in [-0.2, 0) is 33.9 Å². The van der Waals surface area contributed by atoms with Crippen LogP contribution in [0.4, 0.5) is 5.69 Å². The fourth-order valence-electron chi connectivity index (χ4n) is 3.24. The van der Waals surface area contributed by atoms with Crippen molar-refractivity contribution in [1.82, 2.24) is 14.8 Å². The van der Waals surface area contributed by atoms with Crippen molar-refractivity contribution in [3.05, 3.63) is 78.5 Å². The third-order valence-corrected chi connectivity index (χ3v) is 4.97. The summed E-state index contributed by atoms with van der Waals surface area (Å²) in [6.45, 7) is 4.04. The van der Waals surface area contributed by atoms with Gasteiger partial charge in [0.1, 0.15) is 6.54 Å². The Morgan fingerprint density at radius 3 is 2.52 bits per heavy atom. The van der Waals surface area contributed by atoms with Crippen molar-refractivity contribution >= 4 is 34.3 Å². The molecule has 0 spiro atoms. The number of hydrogen-bond acceptors (Lipinski definition) is 3. The van der Waals surface area contributed by atoms with Crippen LogP contribution in [-0.4, -0.2) is 41.3 Å². The number of carbonyl (C=O) groups excluding carboxylic acids is 3. The van der Waals surface area contributed by atoms with E-state index in [0.29, 0.717) is 12.2 Å². The second-order valence-electron chi connectivity index (χ2n) is 7.42. The minimum Gasteiger partial charge on any atom is -0.348 e. The molecule has 0 unspecified atom stereocenters. The molecule has 3 rings (SSSR count). The Hall–Kier alpha value is -3.87. The summed E-state index contributed by atoms with van der Waals surface area (Å²) >= 11 is 0. The van der Waals surface area contributed by atoms with Gasteiger partial charge in [0.15, 0.2) is 0 Å². The second kappa shape index (κ2) is 9.75. The van der Waals surface area contributed by atoms with Crippen molar-refractivity contribution in [2.75, 3.05) is 19.4 Å². The number of aromatic nitrogens is 1. The second-order valence-corrected chi connectivity index (χ2v) is 7.42. The number of amides is 3. The van der Waals surface area contributed by atoms with Gasteiger partial charge in [-0.25, -0.2) is 0 Å². The molecule has 0 saturated heterocycles. The lowest BCUT2D eigenvalue weighted by Crippen LogP contribution is -2.25. The normalized spacial score (nSPS) is 10.5. The van der Waals surface area contributed by atoms with Crippen molar-refractivity contribution in [2.24, 2.45) is 0 Å². The standard InChI is InChI=1S/C24H26N4O3/c1-4-22(29)25-15-19-8-6-5-7-17(19)14-23(30)26-20-9-10-21-18(13-20)11-12-28(21)16-24(31)27(2)3/h4-13H,1,14-16H2,2-3H3,(H,25,29)(H,26,30). The molecule has 1 aromatic heterocycles. The molecule has 160 valence electrons. The van der Waals surface area contributed by atoms with E-state index in [9.17, 15) is 14.4 Å². The fraction of sp³-hybridized carbons (Fsp3) is 0.208. The maximum atomic E-state index is 12.6. The molecule has 7 nitrogen and oxygen atoms in total. The summed E-state index contributed by atoms with van der Waals surface area (Å²) in [7, 11) is 3.46. The van der Waals surface area contributed by atoms with Gasteiger partial charge in [0.25, 0.3) is 0 Å². The summed E-state index contributed by atoms with van der Waals surface area (Å²) in [6, 6.07) is 15.0. The van der Waals surface area contributed by atoms with Crippen molar-refractivity contribution < 1.29 is 14.4 Å². The number of carbonyl (C=O) groups is 3. The zero-order chi connectivity index (χ0) is 22.4. The van der Waals surface area contributed by atoms with Crippen LogP contribution in [0.1, 0.15) is 11.1 Å². The highest BCUT2D eigenvalue weighted by Gasteiger charge is 2.11. The first-order valence-electron chi connectivity index (χ1n) is 9.93. The number of likely N-dealkylation sites (N-methyl/N-ethyl adjacent to an activating group) is 1. The number of nitrogens with one attached hydrogen (secondary N) is 2. The van der Waals surface area contributed by atoms with Crippen LogP contribution < -0.4 is 10.6 Å². The lowest BCUT2D eigenvalue weighted by Gasteiger charge is -2.12. The van der Waals surface area contributed by atoms with Crippen molar-refractivity contribution in [3.8, 4) is 0 Å². The van der Waals surface area contributed by atoms with E-state index in [1.165, 1.54) is 6.08 Å². The molecule has 0 fully saturated rings. The molecule has 3 aromatic rings. The summed E-state index contributed by atoms with van der Waals surface area (Å²) in [5, 5.41) is 6.61. The summed E-state index contributed by atoms with van der Waals surface area (Å²) in [5.74, 6) is -0.395. The third-order valence-electron chi connectivity index (χ3n) is 4.97. The largest absolute Gasteiger partial charge is 0.348 e. The van der Waals surface area contributed by atoms with Gasteiger partial charge in [-0.05, 0) is 41.5 Å². The number of nitrogens with zero attached hydrogens (tertiary/aromatic N) is 2. The van der Waals surface area contributed by atoms with Crippen molar-refractivity contribution in [3.63, 3.8) is 0 Å². The van der Waals surface area contributed by atoms with Crippen LogP contribution in [0.15, 0.2) is 67.4 Å². The molecular formula is C24H26N4O3. The van der Waals surface area contributed by atoms with E-state index < -0.39 is 0 Å². The maximum absolute atomic E-state index is 12.6. The first kappa shape index (κ1) is 21.8. The summed E-state index contributed by atoms with van der Waals surface area (Å²) in [4.78, 5) is 37.6. The Morgan fingerprint density at radius 1 is 1.06 bits per heavy atom. The van der Waals surface area contributed by atoms with E-state index >= 15 is 0 Å². The van der Waals surface area contributed by atoms with Crippen LogP contribution >= 0.6 is 0 Å². The monoisotopic (exact) mass is 418 g/mol. The molecule has 0 aliphatic carbocycles. The molecule has 0 atom stereocenters. The van der Waals surface area contributed by atoms with Crippen molar-refractivity contribution in [1.29, 1.82) is 0 Å². The first-order chi connectivity index (χ1) is 14.9. The van der Waals surface area contributed by atoms with E-state index in [0.717, 1.165) is 22.0 Å². The van der Waals surface area contributed by atoms with Gasteiger partial charge in [-0.3, -0.25) is 14.4 Å². The van der Waals surface area contributed by atoms with E-state index in [1.807, 2.05) is 59.3 Å². The molecular weight excluding hydrogens is 392 g/mol. The Bertz CT molecular complexity index is 1130. The van der Waals surface area contributed by atoms with Crippen LogP contribution in [0.3, 0.4) is 0 Å². The fourth-order valence-corrected chi connectivity index (χ4v) is 3.24. The Labute approximate surface area is 181 Å². The number of fused-ring (bicyclic) bond motifs is 1. The van der Waals surface area contributed by atoms with Gasteiger partial charge >= 0.3 is 0 Å². The molecule has 7 heteroatoms. The third kappa shape index (κ3) is 5.60. The highest BCUT2D eigenvalue weighted by Crippen LogP contribution is 2.21. The van der Waals surface area contributed by atoms with Gasteiger partial charge in [0.05, 0.1) is 6.42 Å². The predicted molar refractivity (Wildman–Crippen MR) is 121 cm³/mol. The van der Waals surface area contributed by atoms with Crippen LogP contribution in [0.5, 0.6) is 0 Å².